The van der Waals surface area contributed by atoms with Crippen LogP contribution in [0.15, 0.2) is 64.2 Å². The van der Waals surface area contributed by atoms with Crippen LogP contribution < -0.4 is 0 Å². The van der Waals surface area contributed by atoms with E-state index >= 15 is 0 Å². The molecular formula is C19H18N2OS. The largest absolute Gasteiger partial charge is 0.411 e. The Labute approximate surface area is 140 Å². The van der Waals surface area contributed by atoms with Crippen LogP contribution in [0.4, 0.5) is 0 Å². The van der Waals surface area contributed by atoms with Gasteiger partial charge in [-0.3, -0.25) is 0 Å². The second-order valence-corrected chi connectivity index (χ2v) is 6.27. The fraction of sp³-hybridized carbons (Fsp3) is 0.158. The first-order valence-corrected chi connectivity index (χ1v) is 8.46. The van der Waals surface area contributed by atoms with Crippen LogP contribution in [0.25, 0.3) is 17.5 Å². The fourth-order valence-electron chi connectivity index (χ4n) is 2.13. The number of aromatic nitrogens is 2. The Hall–Kier alpha value is -2.33. The SMILES string of the molecule is Cc1ccc(-c2nnc(SCC=Cc3ccccc3)o2)cc1C. The van der Waals surface area contributed by atoms with Crippen molar-refractivity contribution in [2.75, 3.05) is 5.75 Å². The molecule has 3 nitrogen and oxygen atoms in total. The highest BCUT2D eigenvalue weighted by molar-refractivity contribution is 7.99. The highest BCUT2D eigenvalue weighted by Gasteiger charge is 2.09. The molecule has 23 heavy (non-hydrogen) atoms. The molecule has 0 spiro atoms. The van der Waals surface area contributed by atoms with Gasteiger partial charge in [0.2, 0.25) is 5.89 Å². The molecule has 0 N–H and O–H groups in total. The van der Waals surface area contributed by atoms with Crippen molar-refractivity contribution >= 4 is 17.8 Å². The number of thioether (sulfide) groups is 1. The van der Waals surface area contributed by atoms with E-state index in [9.17, 15) is 0 Å². The molecule has 1 heterocycles. The predicted molar refractivity (Wildman–Crippen MR) is 95.4 cm³/mol. The summed E-state index contributed by atoms with van der Waals surface area (Å²) >= 11 is 1.54. The summed E-state index contributed by atoms with van der Waals surface area (Å²) in [6.45, 7) is 4.17. The maximum atomic E-state index is 5.72. The lowest BCUT2D eigenvalue weighted by atomic mass is 10.1. The summed E-state index contributed by atoms with van der Waals surface area (Å²) in [7, 11) is 0. The third kappa shape index (κ3) is 4.11. The number of benzene rings is 2. The van der Waals surface area contributed by atoms with Crippen molar-refractivity contribution in [1.82, 2.24) is 10.2 Å². The van der Waals surface area contributed by atoms with Crippen LogP contribution in [0.1, 0.15) is 16.7 Å². The van der Waals surface area contributed by atoms with Gasteiger partial charge in [0.15, 0.2) is 0 Å². The van der Waals surface area contributed by atoms with Gasteiger partial charge in [0.05, 0.1) is 0 Å². The van der Waals surface area contributed by atoms with Crippen LogP contribution in [0.2, 0.25) is 0 Å². The van der Waals surface area contributed by atoms with E-state index in [2.05, 4.69) is 60.5 Å². The topological polar surface area (TPSA) is 38.9 Å². The Bertz CT molecular complexity index is 809. The molecule has 3 aromatic rings. The van der Waals surface area contributed by atoms with Gasteiger partial charge in [-0.2, -0.15) is 0 Å². The number of aryl methyl sites for hydroxylation is 2. The molecule has 0 saturated carbocycles. The van der Waals surface area contributed by atoms with Gasteiger partial charge in [-0.15, -0.1) is 10.2 Å². The second kappa shape index (κ2) is 7.29. The summed E-state index contributed by atoms with van der Waals surface area (Å²) in [4.78, 5) is 0. The zero-order valence-electron chi connectivity index (χ0n) is 13.2. The molecular weight excluding hydrogens is 304 g/mol. The van der Waals surface area contributed by atoms with E-state index < -0.39 is 0 Å². The monoisotopic (exact) mass is 322 g/mol. The summed E-state index contributed by atoms with van der Waals surface area (Å²) in [5.74, 6) is 1.37. The lowest BCUT2D eigenvalue weighted by Crippen LogP contribution is -1.83. The van der Waals surface area contributed by atoms with Crippen molar-refractivity contribution in [2.24, 2.45) is 0 Å². The first kappa shape index (κ1) is 15.6. The van der Waals surface area contributed by atoms with E-state index in [0.29, 0.717) is 11.1 Å². The highest BCUT2D eigenvalue weighted by atomic mass is 32.2. The van der Waals surface area contributed by atoms with E-state index in [4.69, 9.17) is 4.42 Å². The van der Waals surface area contributed by atoms with Gasteiger partial charge in [0.25, 0.3) is 5.22 Å². The average Bonchev–Trinajstić information content (AvgIpc) is 3.04. The molecule has 0 saturated heterocycles. The Balaban J connectivity index is 1.61. The van der Waals surface area contributed by atoms with Gasteiger partial charge in [0.1, 0.15) is 0 Å². The molecule has 0 aliphatic rings. The second-order valence-electron chi connectivity index (χ2n) is 5.30. The Morgan fingerprint density at radius 1 is 1.00 bits per heavy atom. The lowest BCUT2D eigenvalue weighted by Gasteiger charge is -2.00. The zero-order chi connectivity index (χ0) is 16.1. The summed E-state index contributed by atoms with van der Waals surface area (Å²) < 4.78 is 5.72. The van der Waals surface area contributed by atoms with Gasteiger partial charge in [-0.25, -0.2) is 0 Å². The molecule has 0 fully saturated rings. The molecule has 4 heteroatoms. The number of hydrogen-bond donors (Lipinski definition) is 0. The van der Waals surface area contributed by atoms with Gasteiger partial charge >= 0.3 is 0 Å². The molecule has 2 aromatic carbocycles. The molecule has 0 radical (unpaired) electrons. The van der Waals surface area contributed by atoms with Crippen LogP contribution in [-0.2, 0) is 0 Å². The van der Waals surface area contributed by atoms with Crippen LogP contribution in [0.5, 0.6) is 0 Å². The lowest BCUT2D eigenvalue weighted by molar-refractivity contribution is 0.466. The average molecular weight is 322 g/mol. The summed E-state index contributed by atoms with van der Waals surface area (Å²) in [5, 5.41) is 8.83. The molecule has 0 aliphatic carbocycles. The first-order valence-electron chi connectivity index (χ1n) is 7.48. The normalized spacial score (nSPS) is 11.2. The van der Waals surface area contributed by atoms with Gasteiger partial charge in [-0.05, 0) is 42.7 Å². The molecule has 0 bridgehead atoms. The molecule has 1 aromatic heterocycles. The van der Waals surface area contributed by atoms with Crippen LogP contribution >= 0.6 is 11.8 Å². The van der Waals surface area contributed by atoms with E-state index in [1.54, 1.807) is 0 Å². The van der Waals surface area contributed by atoms with E-state index in [1.807, 2.05) is 24.3 Å². The third-order valence-electron chi connectivity index (χ3n) is 3.57. The van der Waals surface area contributed by atoms with Crippen molar-refractivity contribution in [3.63, 3.8) is 0 Å². The third-order valence-corrected chi connectivity index (χ3v) is 4.34. The van der Waals surface area contributed by atoms with Crippen LogP contribution in [0.3, 0.4) is 0 Å². The zero-order valence-corrected chi connectivity index (χ0v) is 14.0. The minimum absolute atomic E-state index is 0.572. The molecule has 116 valence electrons. The van der Waals surface area contributed by atoms with E-state index in [-0.39, 0.29) is 0 Å². The highest BCUT2D eigenvalue weighted by Crippen LogP contribution is 2.24. The minimum Gasteiger partial charge on any atom is -0.411 e. The van der Waals surface area contributed by atoms with Crippen molar-refractivity contribution < 1.29 is 4.42 Å². The molecule has 0 aliphatic heterocycles. The predicted octanol–water partition coefficient (Wildman–Crippen LogP) is 5.16. The molecule has 0 amide bonds. The Kier molecular flexibility index (Phi) is 4.93. The van der Waals surface area contributed by atoms with Gasteiger partial charge < -0.3 is 4.42 Å². The van der Waals surface area contributed by atoms with E-state index in [0.717, 1.165) is 11.3 Å². The van der Waals surface area contributed by atoms with Gasteiger partial charge in [0, 0.05) is 11.3 Å². The summed E-state index contributed by atoms with van der Waals surface area (Å²) in [6.07, 6.45) is 4.19. The fourth-order valence-corrected chi connectivity index (χ4v) is 2.70. The number of nitrogens with zero attached hydrogens (tertiary/aromatic N) is 2. The number of hydrogen-bond acceptors (Lipinski definition) is 4. The molecule has 3 rings (SSSR count). The van der Waals surface area contributed by atoms with Crippen molar-refractivity contribution in [2.45, 2.75) is 19.1 Å². The summed E-state index contributed by atoms with van der Waals surface area (Å²) in [6, 6.07) is 16.4. The standard InChI is InChI=1S/C19H18N2OS/c1-14-10-11-17(13-15(14)2)18-20-21-19(22-18)23-12-6-9-16-7-4-3-5-8-16/h3-11,13H,12H2,1-2H3. The quantitative estimate of drug-likeness (QED) is 0.608. The number of rotatable bonds is 5. The Morgan fingerprint density at radius 2 is 1.83 bits per heavy atom. The van der Waals surface area contributed by atoms with E-state index in [1.165, 1.54) is 28.5 Å². The minimum atomic E-state index is 0.572. The first-order chi connectivity index (χ1) is 11.2. The molecule has 0 unspecified atom stereocenters. The van der Waals surface area contributed by atoms with Crippen LogP contribution in [-0.4, -0.2) is 16.0 Å². The van der Waals surface area contributed by atoms with Crippen LogP contribution in [0, 0.1) is 13.8 Å². The Morgan fingerprint density at radius 3 is 2.61 bits per heavy atom. The van der Waals surface area contributed by atoms with Crippen molar-refractivity contribution in [3.05, 3.63) is 71.3 Å². The smallest absolute Gasteiger partial charge is 0.277 e. The van der Waals surface area contributed by atoms with Crippen molar-refractivity contribution in [3.8, 4) is 11.5 Å². The van der Waals surface area contributed by atoms with Gasteiger partial charge in [-0.1, -0.05) is 60.3 Å². The molecule has 0 atom stereocenters. The summed E-state index contributed by atoms with van der Waals surface area (Å²) in [5.41, 5.74) is 4.64. The maximum absolute atomic E-state index is 5.72. The van der Waals surface area contributed by atoms with Crippen molar-refractivity contribution in [1.29, 1.82) is 0 Å². The maximum Gasteiger partial charge on any atom is 0.277 e.